The van der Waals surface area contributed by atoms with E-state index in [9.17, 15) is 9.59 Å². The first-order valence-electron chi connectivity index (χ1n) is 6.29. The topological polar surface area (TPSA) is 89.5 Å². The highest BCUT2D eigenvalue weighted by atomic mass is 16.2. The second-order valence-electron chi connectivity index (χ2n) is 4.45. The third-order valence-electron chi connectivity index (χ3n) is 3.05. The maximum atomic E-state index is 12.3. The minimum atomic E-state index is -0.378. The Morgan fingerprint density at radius 2 is 1.90 bits per heavy atom. The maximum absolute atomic E-state index is 12.3. The summed E-state index contributed by atoms with van der Waals surface area (Å²) in [6, 6.07) is 11.9. The second kappa shape index (κ2) is 5.09. The Morgan fingerprint density at radius 3 is 2.67 bits per heavy atom. The summed E-state index contributed by atoms with van der Waals surface area (Å²) in [6.45, 7) is 0. The van der Waals surface area contributed by atoms with Gasteiger partial charge in [0.2, 0.25) is 0 Å². The molecule has 0 spiro atoms. The van der Waals surface area contributed by atoms with E-state index in [4.69, 9.17) is 5.73 Å². The summed E-state index contributed by atoms with van der Waals surface area (Å²) in [7, 11) is 0. The van der Waals surface area contributed by atoms with Crippen LogP contribution in [0.25, 0.3) is 5.65 Å². The molecule has 6 nitrogen and oxygen atoms in total. The zero-order valence-corrected chi connectivity index (χ0v) is 11.0. The van der Waals surface area contributed by atoms with Crippen LogP contribution in [-0.2, 0) is 0 Å². The number of carbonyl (C=O) groups excluding carboxylic acids is 1. The van der Waals surface area contributed by atoms with Crippen LogP contribution in [0.5, 0.6) is 0 Å². The summed E-state index contributed by atoms with van der Waals surface area (Å²) in [5.74, 6) is -0.363. The van der Waals surface area contributed by atoms with Crippen LogP contribution in [0.1, 0.15) is 10.4 Å². The van der Waals surface area contributed by atoms with Gasteiger partial charge in [-0.3, -0.25) is 14.0 Å². The van der Waals surface area contributed by atoms with Gasteiger partial charge in [-0.2, -0.15) is 0 Å². The fourth-order valence-electron chi connectivity index (χ4n) is 2.00. The van der Waals surface area contributed by atoms with Crippen molar-refractivity contribution in [3.8, 4) is 0 Å². The van der Waals surface area contributed by atoms with E-state index >= 15 is 0 Å². The molecule has 1 amide bonds. The molecule has 0 aliphatic heterocycles. The highest BCUT2D eigenvalue weighted by molar-refractivity contribution is 6.04. The number of nitrogens with two attached hydrogens (primary N) is 1. The van der Waals surface area contributed by atoms with Crippen molar-refractivity contribution in [2.45, 2.75) is 0 Å². The third kappa shape index (κ3) is 2.34. The Hall–Kier alpha value is -3.15. The predicted molar refractivity (Wildman–Crippen MR) is 80.3 cm³/mol. The molecule has 0 unspecified atom stereocenters. The Bertz CT molecular complexity index is 872. The van der Waals surface area contributed by atoms with Crippen molar-refractivity contribution in [2.75, 3.05) is 11.1 Å². The lowest BCUT2D eigenvalue weighted by Crippen LogP contribution is -2.23. The number of aromatic nitrogens is 2. The van der Waals surface area contributed by atoms with Crippen LogP contribution in [0, 0.1) is 0 Å². The van der Waals surface area contributed by atoms with Crippen LogP contribution >= 0.6 is 0 Å². The number of nitrogen functional groups attached to an aromatic ring is 1. The van der Waals surface area contributed by atoms with Gasteiger partial charge in [0.1, 0.15) is 5.69 Å². The number of amides is 1. The highest BCUT2D eigenvalue weighted by Crippen LogP contribution is 2.10. The van der Waals surface area contributed by atoms with Crippen molar-refractivity contribution in [1.82, 2.24) is 9.38 Å². The fourth-order valence-corrected chi connectivity index (χ4v) is 2.00. The first-order valence-corrected chi connectivity index (χ1v) is 6.29. The van der Waals surface area contributed by atoms with E-state index in [1.807, 2.05) is 6.07 Å². The number of benzene rings is 1. The SMILES string of the molecule is Nc1cccn2c(=O)c(NC(=O)c3ccccc3)cnc12. The maximum Gasteiger partial charge on any atom is 0.281 e. The molecule has 0 atom stereocenters. The van der Waals surface area contributed by atoms with Crippen LogP contribution in [0.3, 0.4) is 0 Å². The van der Waals surface area contributed by atoms with Crippen molar-refractivity contribution in [1.29, 1.82) is 0 Å². The number of carbonyl (C=O) groups is 1. The van der Waals surface area contributed by atoms with Crippen molar-refractivity contribution in [3.63, 3.8) is 0 Å². The van der Waals surface area contributed by atoms with Crippen molar-refractivity contribution in [2.24, 2.45) is 0 Å². The number of anilines is 2. The van der Waals surface area contributed by atoms with Gasteiger partial charge in [0, 0.05) is 11.8 Å². The molecule has 3 aromatic rings. The van der Waals surface area contributed by atoms with Gasteiger partial charge in [-0.15, -0.1) is 0 Å². The molecule has 2 aromatic heterocycles. The van der Waals surface area contributed by atoms with E-state index in [0.29, 0.717) is 16.9 Å². The van der Waals surface area contributed by atoms with Crippen LogP contribution in [-0.4, -0.2) is 15.3 Å². The lowest BCUT2D eigenvalue weighted by Gasteiger charge is -2.07. The number of nitrogens with zero attached hydrogens (tertiary/aromatic N) is 2. The summed E-state index contributed by atoms with van der Waals surface area (Å²) in [5, 5.41) is 2.56. The van der Waals surface area contributed by atoms with Gasteiger partial charge in [-0.25, -0.2) is 4.98 Å². The Labute approximate surface area is 119 Å². The Balaban J connectivity index is 2.01. The Kier molecular flexibility index (Phi) is 3.12. The smallest absolute Gasteiger partial charge is 0.281 e. The third-order valence-corrected chi connectivity index (χ3v) is 3.05. The minimum Gasteiger partial charge on any atom is -0.396 e. The van der Waals surface area contributed by atoms with E-state index in [2.05, 4.69) is 10.3 Å². The molecule has 104 valence electrons. The summed E-state index contributed by atoms with van der Waals surface area (Å²) in [6.07, 6.45) is 2.87. The number of pyridine rings is 1. The van der Waals surface area contributed by atoms with E-state index in [0.717, 1.165) is 0 Å². The van der Waals surface area contributed by atoms with E-state index in [-0.39, 0.29) is 17.2 Å². The average Bonchev–Trinajstić information content (AvgIpc) is 2.51. The number of rotatable bonds is 2. The molecule has 0 saturated heterocycles. The molecule has 6 heteroatoms. The predicted octanol–water partition coefficient (Wildman–Crippen LogP) is 1.53. The van der Waals surface area contributed by atoms with Gasteiger partial charge >= 0.3 is 0 Å². The van der Waals surface area contributed by atoms with Gasteiger partial charge in [0.15, 0.2) is 5.65 Å². The average molecular weight is 280 g/mol. The fraction of sp³-hybridized carbons (Fsp3) is 0. The summed E-state index contributed by atoms with van der Waals surface area (Å²) < 4.78 is 1.30. The highest BCUT2D eigenvalue weighted by Gasteiger charge is 2.10. The molecule has 0 bridgehead atoms. The lowest BCUT2D eigenvalue weighted by molar-refractivity contribution is 0.102. The molecule has 0 saturated carbocycles. The summed E-state index contributed by atoms with van der Waals surface area (Å²) in [4.78, 5) is 28.5. The standard InChI is InChI=1S/C15H12N4O2/c16-11-7-4-8-19-13(11)17-9-12(15(19)21)18-14(20)10-5-2-1-3-6-10/h1-9H,16H2,(H,18,20). The van der Waals surface area contributed by atoms with Gasteiger partial charge in [-0.1, -0.05) is 18.2 Å². The zero-order chi connectivity index (χ0) is 14.8. The molecular formula is C15H12N4O2. The normalized spacial score (nSPS) is 10.5. The minimum absolute atomic E-state index is 0.104. The van der Waals surface area contributed by atoms with Crippen LogP contribution in [0.2, 0.25) is 0 Å². The van der Waals surface area contributed by atoms with Gasteiger partial charge < -0.3 is 11.1 Å². The molecule has 3 rings (SSSR count). The molecule has 0 aliphatic rings. The quantitative estimate of drug-likeness (QED) is 0.745. The molecular weight excluding hydrogens is 268 g/mol. The largest absolute Gasteiger partial charge is 0.396 e. The molecule has 21 heavy (non-hydrogen) atoms. The number of hydrogen-bond acceptors (Lipinski definition) is 4. The van der Waals surface area contributed by atoms with E-state index < -0.39 is 0 Å². The summed E-state index contributed by atoms with van der Waals surface area (Å²) >= 11 is 0. The molecule has 0 radical (unpaired) electrons. The van der Waals surface area contributed by atoms with Crippen LogP contribution in [0.15, 0.2) is 59.7 Å². The monoisotopic (exact) mass is 280 g/mol. The van der Waals surface area contributed by atoms with Crippen LogP contribution < -0.4 is 16.6 Å². The van der Waals surface area contributed by atoms with E-state index in [1.54, 1.807) is 42.6 Å². The van der Waals surface area contributed by atoms with Crippen molar-refractivity contribution < 1.29 is 4.79 Å². The molecule has 0 fully saturated rings. The number of hydrogen-bond donors (Lipinski definition) is 2. The van der Waals surface area contributed by atoms with Crippen molar-refractivity contribution >= 4 is 22.9 Å². The van der Waals surface area contributed by atoms with Gasteiger partial charge in [0.05, 0.1) is 11.9 Å². The van der Waals surface area contributed by atoms with Gasteiger partial charge in [-0.05, 0) is 24.3 Å². The zero-order valence-electron chi connectivity index (χ0n) is 11.0. The number of fused-ring (bicyclic) bond motifs is 1. The summed E-state index contributed by atoms with van der Waals surface area (Å²) in [5.41, 5.74) is 6.71. The molecule has 0 aliphatic carbocycles. The first-order chi connectivity index (χ1) is 10.2. The van der Waals surface area contributed by atoms with E-state index in [1.165, 1.54) is 10.6 Å². The lowest BCUT2D eigenvalue weighted by atomic mass is 10.2. The molecule has 1 aromatic carbocycles. The van der Waals surface area contributed by atoms with Crippen molar-refractivity contribution in [3.05, 3.63) is 70.8 Å². The second-order valence-corrected chi connectivity index (χ2v) is 4.45. The van der Waals surface area contributed by atoms with Gasteiger partial charge in [0.25, 0.3) is 11.5 Å². The first kappa shape index (κ1) is 12.9. The number of nitrogens with one attached hydrogen (secondary N) is 1. The Morgan fingerprint density at radius 1 is 1.14 bits per heavy atom. The molecule has 3 N–H and O–H groups in total. The van der Waals surface area contributed by atoms with Crippen LogP contribution in [0.4, 0.5) is 11.4 Å². The molecule has 2 heterocycles.